The number of benzene rings is 1. The van der Waals surface area contributed by atoms with E-state index in [0.29, 0.717) is 10.5 Å². The summed E-state index contributed by atoms with van der Waals surface area (Å²) in [5.74, 6) is -0.127. The van der Waals surface area contributed by atoms with E-state index in [1.807, 2.05) is 54.6 Å². The van der Waals surface area contributed by atoms with E-state index in [1.165, 1.54) is 4.57 Å². The average Bonchev–Trinajstić information content (AvgIpc) is 3.01. The molecule has 0 saturated heterocycles. The Bertz CT molecular complexity index is 734. The standard InChI is InChI=1S/C15H12N2OS/c18-14-13(10-11-6-4-5-7-11)16-15(19)17(14)12-8-2-1-3-9-12/h1-10,18H,(H,16,19)/p-1. The summed E-state index contributed by atoms with van der Waals surface area (Å²) in [4.78, 5) is 2.96. The molecule has 0 fully saturated rings. The van der Waals surface area contributed by atoms with E-state index in [9.17, 15) is 5.11 Å². The molecule has 1 heterocycles. The SMILES string of the molecule is [O-]c1c(C=C2C=CC=C2)[nH]c(=S)n1-c1ccccc1. The van der Waals surface area contributed by atoms with Crippen LogP contribution < -0.4 is 5.11 Å². The van der Waals surface area contributed by atoms with E-state index >= 15 is 0 Å². The molecule has 1 aromatic carbocycles. The van der Waals surface area contributed by atoms with Gasteiger partial charge in [-0.3, -0.25) is 4.57 Å². The molecule has 0 bridgehead atoms. The van der Waals surface area contributed by atoms with Gasteiger partial charge < -0.3 is 10.1 Å². The molecular formula is C15H11N2OS-. The first-order chi connectivity index (χ1) is 9.25. The van der Waals surface area contributed by atoms with Crippen molar-refractivity contribution in [2.45, 2.75) is 0 Å². The van der Waals surface area contributed by atoms with Crippen molar-refractivity contribution in [2.24, 2.45) is 0 Å². The van der Waals surface area contributed by atoms with Gasteiger partial charge in [0.2, 0.25) is 0 Å². The highest BCUT2D eigenvalue weighted by molar-refractivity contribution is 7.71. The lowest BCUT2D eigenvalue weighted by Gasteiger charge is -2.12. The molecule has 2 aromatic rings. The third-order valence-electron chi connectivity index (χ3n) is 2.89. The largest absolute Gasteiger partial charge is 0.858 e. The number of para-hydroxylation sites is 1. The van der Waals surface area contributed by atoms with Gasteiger partial charge in [0, 0.05) is 5.69 Å². The van der Waals surface area contributed by atoms with Crippen molar-refractivity contribution in [1.82, 2.24) is 9.55 Å². The number of H-pyrrole nitrogens is 1. The van der Waals surface area contributed by atoms with Gasteiger partial charge in [-0.2, -0.15) is 0 Å². The average molecular weight is 267 g/mol. The molecule has 1 aromatic heterocycles. The minimum Gasteiger partial charge on any atom is -0.858 e. The van der Waals surface area contributed by atoms with E-state index in [4.69, 9.17) is 12.2 Å². The third-order valence-corrected chi connectivity index (χ3v) is 3.18. The number of aromatic nitrogens is 2. The quantitative estimate of drug-likeness (QED) is 0.850. The molecule has 1 N–H and O–H groups in total. The predicted octanol–water partition coefficient (Wildman–Crippen LogP) is 3.12. The minimum atomic E-state index is -0.127. The van der Waals surface area contributed by atoms with E-state index in [-0.39, 0.29) is 5.88 Å². The molecule has 4 heteroatoms. The van der Waals surface area contributed by atoms with Crippen LogP contribution in [0.25, 0.3) is 11.8 Å². The monoisotopic (exact) mass is 267 g/mol. The number of hydrogen-bond donors (Lipinski definition) is 1. The van der Waals surface area contributed by atoms with E-state index in [0.717, 1.165) is 11.3 Å². The fraction of sp³-hybridized carbons (Fsp3) is 0. The summed E-state index contributed by atoms with van der Waals surface area (Å²) < 4.78 is 1.92. The number of aromatic amines is 1. The van der Waals surface area contributed by atoms with Crippen molar-refractivity contribution >= 4 is 18.3 Å². The summed E-state index contributed by atoms with van der Waals surface area (Å²) in [6.07, 6.45) is 9.54. The van der Waals surface area contributed by atoms with Gasteiger partial charge in [0.1, 0.15) is 0 Å². The molecule has 0 unspecified atom stereocenters. The zero-order valence-electron chi connectivity index (χ0n) is 10.0. The zero-order chi connectivity index (χ0) is 13.2. The smallest absolute Gasteiger partial charge is 0.181 e. The van der Waals surface area contributed by atoms with Crippen LogP contribution in [0.5, 0.6) is 5.88 Å². The van der Waals surface area contributed by atoms with Crippen molar-refractivity contribution in [1.29, 1.82) is 0 Å². The van der Waals surface area contributed by atoms with Crippen LogP contribution in [0, 0.1) is 4.77 Å². The van der Waals surface area contributed by atoms with E-state index in [2.05, 4.69) is 4.98 Å². The maximum absolute atomic E-state index is 12.4. The molecular weight excluding hydrogens is 256 g/mol. The van der Waals surface area contributed by atoms with Gasteiger partial charge in [0.05, 0.1) is 5.69 Å². The second-order valence-corrected chi connectivity index (χ2v) is 4.57. The summed E-state index contributed by atoms with van der Waals surface area (Å²) >= 11 is 5.23. The molecule has 1 aliphatic carbocycles. The zero-order valence-corrected chi connectivity index (χ0v) is 10.9. The first-order valence-electron chi connectivity index (χ1n) is 5.89. The minimum absolute atomic E-state index is 0.127. The van der Waals surface area contributed by atoms with Crippen molar-refractivity contribution in [3.8, 4) is 11.6 Å². The van der Waals surface area contributed by atoms with Crippen LogP contribution in [-0.2, 0) is 0 Å². The summed E-state index contributed by atoms with van der Waals surface area (Å²) in [5, 5.41) is 12.4. The normalized spacial score (nSPS) is 13.2. The second-order valence-electron chi connectivity index (χ2n) is 4.18. The number of nitrogens with one attached hydrogen (secondary N) is 1. The Morgan fingerprint density at radius 1 is 1.11 bits per heavy atom. The Morgan fingerprint density at radius 3 is 2.47 bits per heavy atom. The molecule has 0 amide bonds. The summed E-state index contributed by atoms with van der Waals surface area (Å²) in [6, 6.07) is 9.38. The Kier molecular flexibility index (Phi) is 2.93. The Hall–Kier alpha value is -2.33. The van der Waals surface area contributed by atoms with Gasteiger partial charge in [-0.05, 0) is 41.9 Å². The Balaban J connectivity index is 2.12. The lowest BCUT2D eigenvalue weighted by molar-refractivity contribution is -0.277. The fourth-order valence-electron chi connectivity index (χ4n) is 2.00. The van der Waals surface area contributed by atoms with Gasteiger partial charge in [-0.15, -0.1) is 0 Å². The number of hydrogen-bond acceptors (Lipinski definition) is 2. The van der Waals surface area contributed by atoms with Crippen LogP contribution in [0.2, 0.25) is 0 Å². The number of rotatable bonds is 2. The molecule has 0 aliphatic heterocycles. The number of allylic oxidation sites excluding steroid dienone is 5. The first-order valence-corrected chi connectivity index (χ1v) is 6.30. The molecule has 0 radical (unpaired) electrons. The maximum atomic E-state index is 12.4. The fourth-order valence-corrected chi connectivity index (χ4v) is 2.30. The highest BCUT2D eigenvalue weighted by atomic mass is 32.1. The van der Waals surface area contributed by atoms with Crippen LogP contribution in [0.4, 0.5) is 0 Å². The Labute approximate surface area is 115 Å². The first kappa shape index (κ1) is 11.7. The van der Waals surface area contributed by atoms with Crippen LogP contribution in [0.15, 0.2) is 60.2 Å². The predicted molar refractivity (Wildman–Crippen MR) is 76.7 cm³/mol. The third kappa shape index (κ3) is 2.18. The van der Waals surface area contributed by atoms with Crippen LogP contribution in [0.1, 0.15) is 5.69 Å². The van der Waals surface area contributed by atoms with Gasteiger partial charge in [0.15, 0.2) is 4.77 Å². The van der Waals surface area contributed by atoms with E-state index < -0.39 is 0 Å². The lowest BCUT2D eigenvalue weighted by atomic mass is 10.2. The molecule has 19 heavy (non-hydrogen) atoms. The summed E-state index contributed by atoms with van der Waals surface area (Å²) in [6.45, 7) is 0. The summed E-state index contributed by atoms with van der Waals surface area (Å²) in [5.41, 5.74) is 2.25. The van der Waals surface area contributed by atoms with E-state index in [1.54, 1.807) is 6.08 Å². The van der Waals surface area contributed by atoms with Crippen molar-refractivity contribution in [3.05, 3.63) is 70.7 Å². The van der Waals surface area contributed by atoms with Crippen LogP contribution in [-0.4, -0.2) is 9.55 Å². The van der Waals surface area contributed by atoms with Gasteiger partial charge in [-0.25, -0.2) is 0 Å². The molecule has 3 rings (SSSR count). The second kappa shape index (κ2) is 4.74. The molecule has 0 saturated carbocycles. The van der Waals surface area contributed by atoms with Crippen molar-refractivity contribution in [2.75, 3.05) is 0 Å². The van der Waals surface area contributed by atoms with Crippen molar-refractivity contribution in [3.63, 3.8) is 0 Å². The maximum Gasteiger partial charge on any atom is 0.181 e. The number of imidazole rings is 1. The van der Waals surface area contributed by atoms with Crippen molar-refractivity contribution < 1.29 is 5.11 Å². The lowest BCUT2D eigenvalue weighted by Crippen LogP contribution is -2.02. The van der Waals surface area contributed by atoms with Gasteiger partial charge in [0.25, 0.3) is 0 Å². The van der Waals surface area contributed by atoms with Gasteiger partial charge >= 0.3 is 0 Å². The molecule has 0 atom stereocenters. The number of nitrogens with zero attached hydrogens (tertiary/aromatic N) is 1. The van der Waals surface area contributed by atoms with Gasteiger partial charge in [-0.1, -0.05) is 42.5 Å². The highest BCUT2D eigenvalue weighted by Crippen LogP contribution is 2.23. The topological polar surface area (TPSA) is 43.8 Å². The molecule has 3 nitrogen and oxygen atoms in total. The summed E-state index contributed by atoms with van der Waals surface area (Å²) in [7, 11) is 0. The molecule has 94 valence electrons. The highest BCUT2D eigenvalue weighted by Gasteiger charge is 2.04. The van der Waals surface area contributed by atoms with Crippen LogP contribution >= 0.6 is 12.2 Å². The van der Waals surface area contributed by atoms with Crippen LogP contribution in [0.3, 0.4) is 0 Å². The molecule has 1 aliphatic rings. The Morgan fingerprint density at radius 2 is 1.79 bits per heavy atom. The molecule has 0 spiro atoms.